The van der Waals surface area contributed by atoms with E-state index in [2.05, 4.69) is 6.07 Å². The van der Waals surface area contributed by atoms with E-state index in [1.807, 2.05) is 39.2 Å². The van der Waals surface area contributed by atoms with Crippen molar-refractivity contribution in [3.63, 3.8) is 0 Å². The van der Waals surface area contributed by atoms with Crippen molar-refractivity contribution in [1.82, 2.24) is 9.47 Å². The molecule has 2 aromatic rings. The van der Waals surface area contributed by atoms with Crippen molar-refractivity contribution < 1.29 is 9.53 Å². The summed E-state index contributed by atoms with van der Waals surface area (Å²) in [4.78, 5) is 14.2. The summed E-state index contributed by atoms with van der Waals surface area (Å²) in [6, 6.07) is 9.42. The van der Waals surface area contributed by atoms with Crippen molar-refractivity contribution in [3.8, 4) is 11.8 Å². The molecular weight excluding hydrogens is 266 g/mol. The highest BCUT2D eigenvalue weighted by Gasteiger charge is 2.20. The molecule has 0 fully saturated rings. The molecule has 0 aliphatic rings. The second kappa shape index (κ2) is 6.14. The number of nitriles is 1. The molecule has 0 aliphatic heterocycles. The van der Waals surface area contributed by atoms with Gasteiger partial charge in [-0.15, -0.1) is 0 Å². The van der Waals surface area contributed by atoms with Gasteiger partial charge in [0, 0.05) is 31.8 Å². The summed E-state index contributed by atoms with van der Waals surface area (Å²) in [5.41, 5.74) is 0.900. The molecule has 2 rings (SSSR count). The van der Waals surface area contributed by atoms with Gasteiger partial charge >= 0.3 is 0 Å². The number of hydrogen-bond acceptors (Lipinski definition) is 4. The first-order chi connectivity index (χ1) is 10.1. The average molecular weight is 283 g/mol. The van der Waals surface area contributed by atoms with Crippen LogP contribution < -0.4 is 4.74 Å². The molecule has 0 N–H and O–H groups in total. The molecule has 1 aromatic heterocycles. The van der Waals surface area contributed by atoms with Crippen molar-refractivity contribution in [1.29, 1.82) is 5.26 Å². The van der Waals surface area contributed by atoms with E-state index in [0.717, 1.165) is 5.39 Å². The van der Waals surface area contributed by atoms with Gasteiger partial charge in [-0.25, -0.2) is 0 Å². The summed E-state index contributed by atoms with van der Waals surface area (Å²) in [6.45, 7) is 2.28. The van der Waals surface area contributed by atoms with Crippen LogP contribution in [-0.2, 0) is 0 Å². The number of carbonyl (C=O) groups is 1. The number of allylic oxidation sites excluding steroid dienone is 1. The first-order valence-electron chi connectivity index (χ1n) is 6.65. The SMILES string of the molecule is CCOc1c(C#N)n(C(=O)/C=C\N(C)C)c2ccccc12. The molecule has 0 saturated carbocycles. The van der Waals surface area contributed by atoms with Crippen LogP contribution in [-0.4, -0.2) is 36.1 Å². The Balaban J connectivity index is 2.67. The van der Waals surface area contributed by atoms with Crippen LogP contribution in [0.5, 0.6) is 5.75 Å². The zero-order valence-corrected chi connectivity index (χ0v) is 12.3. The van der Waals surface area contributed by atoms with E-state index in [9.17, 15) is 10.1 Å². The standard InChI is InChI=1S/C16H17N3O2/c1-4-21-16-12-7-5-6-8-13(12)19(14(16)11-17)15(20)9-10-18(2)3/h5-10H,4H2,1-3H3/b10-9-. The van der Waals surface area contributed by atoms with Gasteiger partial charge in [-0.05, 0) is 19.1 Å². The summed E-state index contributed by atoms with van der Waals surface area (Å²) >= 11 is 0. The number of para-hydroxylation sites is 1. The summed E-state index contributed by atoms with van der Waals surface area (Å²) in [6.07, 6.45) is 3.08. The highest BCUT2D eigenvalue weighted by Crippen LogP contribution is 2.32. The van der Waals surface area contributed by atoms with Crippen molar-refractivity contribution in [2.45, 2.75) is 6.92 Å². The monoisotopic (exact) mass is 283 g/mol. The Morgan fingerprint density at radius 2 is 2.14 bits per heavy atom. The second-order valence-electron chi connectivity index (χ2n) is 4.69. The second-order valence-corrected chi connectivity index (χ2v) is 4.69. The van der Waals surface area contributed by atoms with Gasteiger partial charge in [-0.3, -0.25) is 9.36 Å². The van der Waals surface area contributed by atoms with Crippen LogP contribution >= 0.6 is 0 Å². The lowest BCUT2D eigenvalue weighted by molar-refractivity contribution is 0.0971. The van der Waals surface area contributed by atoms with Crippen molar-refractivity contribution in [3.05, 3.63) is 42.2 Å². The number of benzene rings is 1. The summed E-state index contributed by atoms with van der Waals surface area (Å²) < 4.78 is 6.96. The predicted molar refractivity (Wildman–Crippen MR) is 81.3 cm³/mol. The van der Waals surface area contributed by atoms with Crippen LogP contribution in [0.2, 0.25) is 0 Å². The molecule has 0 unspecified atom stereocenters. The summed E-state index contributed by atoms with van der Waals surface area (Å²) in [5, 5.41) is 10.2. The van der Waals surface area contributed by atoms with Crippen LogP contribution in [0.1, 0.15) is 17.4 Å². The van der Waals surface area contributed by atoms with Crippen LogP contribution in [0.15, 0.2) is 36.5 Å². The van der Waals surface area contributed by atoms with Gasteiger partial charge in [-0.1, -0.05) is 12.1 Å². The minimum atomic E-state index is -0.276. The number of ether oxygens (including phenoxy) is 1. The van der Waals surface area contributed by atoms with Gasteiger partial charge in [0.25, 0.3) is 5.91 Å². The molecule has 0 aliphatic carbocycles. The third kappa shape index (κ3) is 2.75. The fourth-order valence-electron chi connectivity index (χ4n) is 2.12. The Morgan fingerprint density at radius 1 is 1.43 bits per heavy atom. The lowest BCUT2D eigenvalue weighted by Crippen LogP contribution is -2.11. The Morgan fingerprint density at radius 3 is 2.76 bits per heavy atom. The molecular formula is C16H17N3O2. The Bertz CT molecular complexity index is 736. The Labute approximate surface area is 123 Å². The van der Waals surface area contributed by atoms with Gasteiger partial charge < -0.3 is 9.64 Å². The number of fused-ring (bicyclic) bond motifs is 1. The Hall–Kier alpha value is -2.74. The zero-order valence-electron chi connectivity index (χ0n) is 12.3. The normalized spacial score (nSPS) is 10.8. The lowest BCUT2D eigenvalue weighted by atomic mass is 10.2. The fraction of sp³-hybridized carbons (Fsp3) is 0.250. The third-order valence-corrected chi connectivity index (χ3v) is 2.96. The van der Waals surface area contributed by atoms with Crippen LogP contribution in [0.3, 0.4) is 0 Å². The van der Waals surface area contributed by atoms with Gasteiger partial charge in [-0.2, -0.15) is 5.26 Å². The average Bonchev–Trinajstić information content (AvgIpc) is 2.79. The maximum absolute atomic E-state index is 12.4. The highest BCUT2D eigenvalue weighted by atomic mass is 16.5. The van der Waals surface area contributed by atoms with Crippen LogP contribution in [0.4, 0.5) is 0 Å². The molecule has 0 spiro atoms. The molecule has 0 atom stereocenters. The molecule has 0 bridgehead atoms. The van der Waals surface area contributed by atoms with E-state index in [1.165, 1.54) is 10.6 Å². The Kier molecular flexibility index (Phi) is 4.29. The van der Waals surface area contributed by atoms with E-state index in [-0.39, 0.29) is 11.6 Å². The van der Waals surface area contributed by atoms with E-state index in [4.69, 9.17) is 4.74 Å². The number of hydrogen-bond donors (Lipinski definition) is 0. The number of nitrogens with zero attached hydrogens (tertiary/aromatic N) is 3. The highest BCUT2D eigenvalue weighted by molar-refractivity contribution is 6.02. The van der Waals surface area contributed by atoms with Gasteiger partial charge in [0.15, 0.2) is 11.4 Å². The fourth-order valence-corrected chi connectivity index (χ4v) is 2.12. The van der Waals surface area contributed by atoms with Crippen LogP contribution in [0, 0.1) is 11.3 Å². The van der Waals surface area contributed by atoms with E-state index in [0.29, 0.717) is 17.9 Å². The molecule has 5 nitrogen and oxygen atoms in total. The number of carbonyl (C=O) groups excluding carboxylic acids is 1. The van der Waals surface area contributed by atoms with Crippen molar-refractivity contribution in [2.75, 3.05) is 20.7 Å². The maximum Gasteiger partial charge on any atom is 0.257 e. The van der Waals surface area contributed by atoms with Crippen molar-refractivity contribution >= 4 is 16.8 Å². The van der Waals surface area contributed by atoms with Crippen LogP contribution in [0.25, 0.3) is 10.9 Å². The van der Waals surface area contributed by atoms with Crippen molar-refractivity contribution in [2.24, 2.45) is 0 Å². The van der Waals surface area contributed by atoms with Gasteiger partial charge in [0.05, 0.1) is 12.1 Å². The molecule has 0 saturated heterocycles. The zero-order chi connectivity index (χ0) is 15.4. The molecule has 0 radical (unpaired) electrons. The quantitative estimate of drug-likeness (QED) is 0.809. The van der Waals surface area contributed by atoms with E-state index in [1.54, 1.807) is 17.2 Å². The molecule has 0 amide bonds. The lowest BCUT2D eigenvalue weighted by Gasteiger charge is -2.05. The first kappa shape index (κ1) is 14.7. The molecule has 21 heavy (non-hydrogen) atoms. The van der Waals surface area contributed by atoms with E-state index >= 15 is 0 Å². The summed E-state index contributed by atoms with van der Waals surface area (Å²) in [7, 11) is 3.66. The summed E-state index contributed by atoms with van der Waals surface area (Å²) in [5.74, 6) is 0.185. The molecule has 1 heterocycles. The van der Waals surface area contributed by atoms with Gasteiger partial charge in [0.2, 0.25) is 0 Å². The van der Waals surface area contributed by atoms with Gasteiger partial charge in [0.1, 0.15) is 6.07 Å². The van der Waals surface area contributed by atoms with E-state index < -0.39 is 0 Å². The largest absolute Gasteiger partial charge is 0.490 e. The molecule has 108 valence electrons. The smallest absolute Gasteiger partial charge is 0.257 e. The minimum Gasteiger partial charge on any atom is -0.490 e. The maximum atomic E-state index is 12.4. The third-order valence-electron chi connectivity index (χ3n) is 2.96. The topological polar surface area (TPSA) is 58.3 Å². The minimum absolute atomic E-state index is 0.228. The number of rotatable bonds is 4. The molecule has 1 aromatic carbocycles. The first-order valence-corrected chi connectivity index (χ1v) is 6.65. The molecule has 5 heteroatoms. The predicted octanol–water partition coefficient (Wildman–Crippen LogP) is 2.63. The number of aromatic nitrogens is 1.